The molecule has 3 heteroatoms. The number of aliphatic hydroxyl groups excluding tert-OH is 1. The third kappa shape index (κ3) is 6.07. The van der Waals surface area contributed by atoms with Gasteiger partial charge in [-0.15, -0.1) is 6.58 Å². The lowest BCUT2D eigenvalue weighted by atomic mass is 10.0. The Kier molecular flexibility index (Phi) is 7.05. The first kappa shape index (κ1) is 16.7. The Morgan fingerprint density at radius 2 is 1.79 bits per heavy atom. The zero-order valence-corrected chi connectivity index (χ0v) is 12.7. The van der Waals surface area contributed by atoms with E-state index >= 15 is 0 Å². The second-order valence-corrected chi connectivity index (χ2v) is 5.95. The van der Waals surface area contributed by atoms with E-state index in [0.29, 0.717) is 6.42 Å². The van der Waals surface area contributed by atoms with Gasteiger partial charge >= 0.3 is 0 Å². The van der Waals surface area contributed by atoms with Crippen molar-refractivity contribution in [1.82, 2.24) is 0 Å². The van der Waals surface area contributed by atoms with E-state index in [2.05, 4.69) is 13.5 Å². The van der Waals surface area contributed by atoms with Crippen LogP contribution in [0.5, 0.6) is 0 Å². The van der Waals surface area contributed by atoms with Crippen LogP contribution in [0.1, 0.15) is 65.7 Å². The summed E-state index contributed by atoms with van der Waals surface area (Å²) in [6.07, 6.45) is 9.03. The minimum Gasteiger partial charge on any atom is -0.389 e. The van der Waals surface area contributed by atoms with Crippen LogP contribution in [-0.4, -0.2) is 29.2 Å². The molecule has 1 aliphatic heterocycles. The molecular weight excluding hydrogens is 240 g/mol. The maximum atomic E-state index is 9.69. The fourth-order valence-electron chi connectivity index (χ4n) is 2.64. The van der Waals surface area contributed by atoms with Crippen molar-refractivity contribution in [2.45, 2.75) is 89.8 Å². The summed E-state index contributed by atoms with van der Waals surface area (Å²) < 4.78 is 11.8. The lowest BCUT2D eigenvalue weighted by molar-refractivity contribution is -0.148. The maximum Gasteiger partial charge on any atom is 0.163 e. The lowest BCUT2D eigenvalue weighted by Gasteiger charge is -2.18. The molecule has 0 spiro atoms. The summed E-state index contributed by atoms with van der Waals surface area (Å²) in [4.78, 5) is 0. The summed E-state index contributed by atoms with van der Waals surface area (Å²) in [6.45, 7) is 9.72. The fraction of sp³-hybridized carbons (Fsp3) is 0.875. The van der Waals surface area contributed by atoms with Crippen LogP contribution in [0.25, 0.3) is 0 Å². The summed E-state index contributed by atoms with van der Waals surface area (Å²) in [5, 5.41) is 9.69. The van der Waals surface area contributed by atoms with E-state index in [9.17, 15) is 5.11 Å². The van der Waals surface area contributed by atoms with Gasteiger partial charge in [0.05, 0.1) is 18.3 Å². The molecule has 0 aromatic carbocycles. The van der Waals surface area contributed by atoms with Gasteiger partial charge in [-0.1, -0.05) is 45.1 Å². The highest BCUT2D eigenvalue weighted by Gasteiger charge is 2.41. The fourth-order valence-corrected chi connectivity index (χ4v) is 2.64. The van der Waals surface area contributed by atoms with Gasteiger partial charge in [-0.2, -0.15) is 0 Å². The first-order valence-electron chi connectivity index (χ1n) is 7.64. The van der Waals surface area contributed by atoms with Crippen LogP contribution in [0.4, 0.5) is 0 Å². The van der Waals surface area contributed by atoms with E-state index in [1.165, 1.54) is 32.1 Å². The molecule has 112 valence electrons. The molecular formula is C16H30O3. The number of ether oxygens (including phenoxy) is 2. The Hall–Kier alpha value is -0.380. The lowest BCUT2D eigenvalue weighted by Crippen LogP contribution is -2.26. The van der Waals surface area contributed by atoms with Gasteiger partial charge in [0.1, 0.15) is 0 Å². The van der Waals surface area contributed by atoms with Gasteiger partial charge in [0.2, 0.25) is 0 Å². The van der Waals surface area contributed by atoms with E-state index in [4.69, 9.17) is 9.47 Å². The molecule has 0 aromatic rings. The number of aliphatic hydroxyl groups is 1. The van der Waals surface area contributed by atoms with E-state index < -0.39 is 11.9 Å². The predicted octanol–water partition coefficient (Wildman–Crippen LogP) is 3.80. The minimum atomic E-state index is -0.528. The van der Waals surface area contributed by atoms with Crippen molar-refractivity contribution in [3.8, 4) is 0 Å². The van der Waals surface area contributed by atoms with E-state index in [0.717, 1.165) is 6.42 Å². The van der Waals surface area contributed by atoms with Crippen molar-refractivity contribution in [3.05, 3.63) is 12.7 Å². The van der Waals surface area contributed by atoms with Gasteiger partial charge in [0.15, 0.2) is 5.79 Å². The van der Waals surface area contributed by atoms with Crippen molar-refractivity contribution >= 4 is 0 Å². The van der Waals surface area contributed by atoms with Gasteiger partial charge in [-0.3, -0.25) is 0 Å². The average Bonchev–Trinajstić information content (AvgIpc) is 2.63. The van der Waals surface area contributed by atoms with E-state index in [1.54, 1.807) is 6.08 Å². The van der Waals surface area contributed by atoms with Gasteiger partial charge in [0, 0.05) is 6.42 Å². The van der Waals surface area contributed by atoms with E-state index in [-0.39, 0.29) is 12.2 Å². The Morgan fingerprint density at radius 1 is 1.16 bits per heavy atom. The second-order valence-electron chi connectivity index (χ2n) is 5.95. The van der Waals surface area contributed by atoms with Crippen LogP contribution in [-0.2, 0) is 9.47 Å². The van der Waals surface area contributed by atoms with Crippen LogP contribution in [0.15, 0.2) is 12.7 Å². The second kappa shape index (κ2) is 8.03. The Bertz CT molecular complexity index is 263. The zero-order chi connectivity index (χ0) is 14.3. The largest absolute Gasteiger partial charge is 0.389 e. The molecule has 0 bridgehead atoms. The van der Waals surface area contributed by atoms with Crippen LogP contribution in [0.3, 0.4) is 0 Å². The molecule has 0 saturated carbocycles. The maximum absolute atomic E-state index is 9.69. The van der Waals surface area contributed by atoms with Gasteiger partial charge in [0.25, 0.3) is 0 Å². The number of unbranched alkanes of at least 4 members (excludes halogenated alkanes) is 4. The molecule has 1 aliphatic rings. The molecule has 1 heterocycles. The molecule has 1 saturated heterocycles. The van der Waals surface area contributed by atoms with Gasteiger partial charge < -0.3 is 14.6 Å². The minimum absolute atomic E-state index is 0.0193. The standard InChI is InChI=1S/C16H30O3/c1-5-7-8-9-10-11-14-15(12-13(17)6-2)19-16(3,4)18-14/h6,13-15,17H,2,5,7-12H2,1,3-4H3/t13-,14-,15-/m0/s1. The van der Waals surface area contributed by atoms with Gasteiger partial charge in [-0.05, 0) is 20.3 Å². The van der Waals surface area contributed by atoms with Crippen molar-refractivity contribution in [1.29, 1.82) is 0 Å². The number of hydrogen-bond acceptors (Lipinski definition) is 3. The summed E-state index contributed by atoms with van der Waals surface area (Å²) in [7, 11) is 0. The molecule has 0 aromatic heterocycles. The number of hydrogen-bond donors (Lipinski definition) is 1. The van der Waals surface area contributed by atoms with Crippen LogP contribution < -0.4 is 0 Å². The molecule has 3 atom stereocenters. The Morgan fingerprint density at radius 3 is 2.42 bits per heavy atom. The van der Waals surface area contributed by atoms with Crippen molar-refractivity contribution < 1.29 is 14.6 Å². The third-order valence-electron chi connectivity index (χ3n) is 3.62. The smallest absolute Gasteiger partial charge is 0.163 e. The summed E-state index contributed by atoms with van der Waals surface area (Å²) in [6, 6.07) is 0. The quantitative estimate of drug-likeness (QED) is 0.511. The normalized spacial score (nSPS) is 27.4. The highest BCUT2D eigenvalue weighted by Crippen LogP contribution is 2.33. The topological polar surface area (TPSA) is 38.7 Å². The van der Waals surface area contributed by atoms with Crippen molar-refractivity contribution in [2.75, 3.05) is 0 Å². The molecule has 1 rings (SSSR count). The van der Waals surface area contributed by atoms with Crippen LogP contribution in [0.2, 0.25) is 0 Å². The average molecular weight is 270 g/mol. The molecule has 0 unspecified atom stereocenters. The van der Waals surface area contributed by atoms with Crippen LogP contribution >= 0.6 is 0 Å². The first-order chi connectivity index (χ1) is 8.98. The Labute approximate surface area is 118 Å². The molecule has 1 fully saturated rings. The van der Waals surface area contributed by atoms with Gasteiger partial charge in [-0.25, -0.2) is 0 Å². The van der Waals surface area contributed by atoms with E-state index in [1.807, 2.05) is 13.8 Å². The molecule has 0 aliphatic carbocycles. The molecule has 0 amide bonds. The highest BCUT2D eigenvalue weighted by molar-refractivity contribution is 4.88. The Balaban J connectivity index is 2.37. The monoisotopic (exact) mass is 270 g/mol. The van der Waals surface area contributed by atoms with Crippen molar-refractivity contribution in [3.63, 3.8) is 0 Å². The van der Waals surface area contributed by atoms with Crippen LogP contribution in [0, 0.1) is 0 Å². The van der Waals surface area contributed by atoms with Crippen molar-refractivity contribution in [2.24, 2.45) is 0 Å². The molecule has 1 N–H and O–H groups in total. The molecule has 3 nitrogen and oxygen atoms in total. The molecule has 0 radical (unpaired) electrons. The summed E-state index contributed by atoms with van der Waals surface area (Å²) in [5.74, 6) is -0.528. The summed E-state index contributed by atoms with van der Waals surface area (Å²) in [5.41, 5.74) is 0. The highest BCUT2D eigenvalue weighted by atomic mass is 16.7. The summed E-state index contributed by atoms with van der Waals surface area (Å²) >= 11 is 0. The SMILES string of the molecule is C=C[C@H](O)C[C@@H]1OC(C)(C)O[C@H]1CCCCCCC. The molecule has 19 heavy (non-hydrogen) atoms. The third-order valence-corrected chi connectivity index (χ3v) is 3.62. The number of rotatable bonds is 9. The predicted molar refractivity (Wildman–Crippen MR) is 78.0 cm³/mol. The zero-order valence-electron chi connectivity index (χ0n) is 12.7. The first-order valence-corrected chi connectivity index (χ1v) is 7.64.